The maximum atomic E-state index is 12.1. The van der Waals surface area contributed by atoms with Gasteiger partial charge in [-0.3, -0.25) is 4.79 Å². The third-order valence-corrected chi connectivity index (χ3v) is 5.36. The third-order valence-electron chi connectivity index (χ3n) is 4.64. The number of nitrogens with one attached hydrogen (secondary N) is 1. The topological polar surface area (TPSA) is 50.7 Å². The Labute approximate surface area is 188 Å². The summed E-state index contributed by atoms with van der Waals surface area (Å²) in [6.07, 6.45) is 1.61. The van der Waals surface area contributed by atoms with Gasteiger partial charge in [-0.15, -0.1) is 0 Å². The Balaban J connectivity index is 1.34. The van der Waals surface area contributed by atoms with Crippen LogP contribution in [0.4, 0.5) is 0 Å². The zero-order chi connectivity index (χ0) is 20.8. The van der Waals surface area contributed by atoms with Crippen LogP contribution in [0.15, 0.2) is 96.1 Å². The van der Waals surface area contributed by atoms with Crippen LogP contribution in [-0.2, 0) is 6.61 Å². The Morgan fingerprint density at radius 1 is 0.900 bits per heavy atom. The summed E-state index contributed by atoms with van der Waals surface area (Å²) < 4.78 is 7.03. The fourth-order valence-electron chi connectivity index (χ4n) is 3.06. The summed E-state index contributed by atoms with van der Waals surface area (Å²) in [6.45, 7) is 0.501. The summed E-state index contributed by atoms with van der Waals surface area (Å²) >= 11 is 2.20. The number of hydrogen-bond donors (Lipinski definition) is 1. The molecule has 148 valence electrons. The van der Waals surface area contributed by atoms with E-state index >= 15 is 0 Å². The molecule has 0 spiro atoms. The number of hydrazone groups is 1. The molecule has 0 saturated carbocycles. The summed E-state index contributed by atoms with van der Waals surface area (Å²) in [5.41, 5.74) is 5.14. The van der Waals surface area contributed by atoms with Crippen LogP contribution in [0.1, 0.15) is 21.5 Å². The second kappa shape index (κ2) is 9.54. The number of carbonyl (C=O) groups excluding carboxylic acids is 1. The average Bonchev–Trinajstić information content (AvgIpc) is 2.79. The van der Waals surface area contributed by atoms with Crippen LogP contribution < -0.4 is 10.2 Å². The standard InChI is InChI=1S/C25H19IN2O2/c26-22-12-10-20(11-13-22)25(29)28-27-16-18-8-14-23(15-9-18)30-17-21-6-3-5-19-4-1-2-7-24(19)21/h1-16H,17H2,(H,28,29)/b27-16-. The van der Waals surface area contributed by atoms with Crippen LogP contribution in [-0.4, -0.2) is 12.1 Å². The summed E-state index contributed by atoms with van der Waals surface area (Å²) in [5.74, 6) is 0.542. The number of ether oxygens (including phenoxy) is 1. The molecule has 5 heteroatoms. The van der Waals surface area contributed by atoms with Crippen molar-refractivity contribution in [3.63, 3.8) is 0 Å². The van der Waals surface area contributed by atoms with Gasteiger partial charge in [0.1, 0.15) is 12.4 Å². The van der Waals surface area contributed by atoms with Gasteiger partial charge >= 0.3 is 0 Å². The first-order valence-electron chi connectivity index (χ1n) is 9.47. The van der Waals surface area contributed by atoms with E-state index in [9.17, 15) is 4.79 Å². The zero-order valence-electron chi connectivity index (χ0n) is 16.1. The molecule has 0 aliphatic heterocycles. The first kappa shape index (κ1) is 20.1. The second-order valence-corrected chi connectivity index (χ2v) is 7.95. The maximum Gasteiger partial charge on any atom is 0.271 e. The normalized spacial score (nSPS) is 11.0. The fraction of sp³-hybridized carbons (Fsp3) is 0.0400. The molecule has 0 unspecified atom stereocenters. The lowest BCUT2D eigenvalue weighted by Crippen LogP contribution is -2.17. The van der Waals surface area contributed by atoms with Crippen LogP contribution >= 0.6 is 22.6 Å². The van der Waals surface area contributed by atoms with Crippen molar-refractivity contribution < 1.29 is 9.53 Å². The molecule has 0 bridgehead atoms. The molecule has 4 rings (SSSR count). The number of carbonyl (C=O) groups is 1. The molecule has 4 aromatic carbocycles. The van der Waals surface area contributed by atoms with Crippen LogP contribution in [0.3, 0.4) is 0 Å². The number of benzene rings is 4. The Morgan fingerprint density at radius 2 is 1.63 bits per heavy atom. The molecule has 1 N–H and O–H groups in total. The van der Waals surface area contributed by atoms with Crippen molar-refractivity contribution in [1.82, 2.24) is 5.43 Å². The SMILES string of the molecule is O=C(N/N=C\c1ccc(OCc2cccc3ccccc23)cc1)c1ccc(I)cc1. The number of hydrogen-bond acceptors (Lipinski definition) is 3. The summed E-state index contributed by atoms with van der Waals surface area (Å²) in [4.78, 5) is 12.1. The molecular formula is C25H19IN2O2. The lowest BCUT2D eigenvalue weighted by molar-refractivity contribution is 0.0955. The van der Waals surface area contributed by atoms with Crippen molar-refractivity contribution in [3.05, 3.63) is 111 Å². The molecule has 0 aliphatic carbocycles. The van der Waals surface area contributed by atoms with Gasteiger partial charge in [0, 0.05) is 9.13 Å². The molecule has 0 fully saturated rings. The van der Waals surface area contributed by atoms with Gasteiger partial charge in [0.2, 0.25) is 0 Å². The highest BCUT2D eigenvalue weighted by Gasteiger charge is 2.04. The number of fused-ring (bicyclic) bond motifs is 1. The third kappa shape index (κ3) is 5.04. The lowest BCUT2D eigenvalue weighted by Gasteiger charge is -2.09. The minimum atomic E-state index is -0.238. The Morgan fingerprint density at radius 3 is 2.43 bits per heavy atom. The van der Waals surface area contributed by atoms with Gasteiger partial charge in [-0.1, -0.05) is 42.5 Å². The average molecular weight is 506 g/mol. The lowest BCUT2D eigenvalue weighted by atomic mass is 10.1. The van der Waals surface area contributed by atoms with E-state index in [0.717, 1.165) is 20.4 Å². The first-order valence-corrected chi connectivity index (χ1v) is 10.6. The van der Waals surface area contributed by atoms with Crippen molar-refractivity contribution >= 4 is 45.5 Å². The van der Waals surface area contributed by atoms with E-state index in [0.29, 0.717) is 12.2 Å². The predicted molar refractivity (Wildman–Crippen MR) is 129 cm³/mol. The van der Waals surface area contributed by atoms with Crippen LogP contribution in [0.25, 0.3) is 10.8 Å². The Bertz CT molecular complexity index is 1180. The van der Waals surface area contributed by atoms with Gasteiger partial charge in [-0.05, 0) is 93.0 Å². The summed E-state index contributed by atoms with van der Waals surface area (Å²) in [5, 5.41) is 6.44. The van der Waals surface area contributed by atoms with E-state index in [1.54, 1.807) is 18.3 Å². The van der Waals surface area contributed by atoms with Crippen LogP contribution in [0, 0.1) is 3.57 Å². The number of amides is 1. The highest BCUT2D eigenvalue weighted by molar-refractivity contribution is 14.1. The molecule has 4 nitrogen and oxygen atoms in total. The minimum Gasteiger partial charge on any atom is -0.489 e. The Hall–Kier alpha value is -3.19. The van der Waals surface area contributed by atoms with E-state index in [-0.39, 0.29) is 5.91 Å². The molecule has 1 amide bonds. The predicted octanol–water partition coefficient (Wildman–Crippen LogP) is 5.79. The summed E-state index contributed by atoms with van der Waals surface area (Å²) in [7, 11) is 0. The van der Waals surface area contributed by atoms with Gasteiger partial charge in [-0.2, -0.15) is 5.10 Å². The highest BCUT2D eigenvalue weighted by Crippen LogP contribution is 2.21. The van der Waals surface area contributed by atoms with Gasteiger partial charge in [0.25, 0.3) is 5.91 Å². The molecule has 0 saturated heterocycles. The zero-order valence-corrected chi connectivity index (χ0v) is 18.2. The van der Waals surface area contributed by atoms with Crippen molar-refractivity contribution in [2.75, 3.05) is 0 Å². The molecule has 0 atom stereocenters. The smallest absolute Gasteiger partial charge is 0.271 e. The van der Waals surface area contributed by atoms with Crippen molar-refractivity contribution in [3.8, 4) is 5.75 Å². The molecular weight excluding hydrogens is 487 g/mol. The number of halogens is 1. The van der Waals surface area contributed by atoms with Gasteiger partial charge in [-0.25, -0.2) is 5.43 Å². The molecule has 0 aliphatic rings. The van der Waals surface area contributed by atoms with E-state index in [2.05, 4.69) is 57.4 Å². The highest BCUT2D eigenvalue weighted by atomic mass is 127. The monoisotopic (exact) mass is 506 g/mol. The van der Waals surface area contributed by atoms with E-state index in [1.807, 2.05) is 54.6 Å². The maximum absolute atomic E-state index is 12.1. The van der Waals surface area contributed by atoms with Crippen molar-refractivity contribution in [2.45, 2.75) is 6.61 Å². The van der Waals surface area contributed by atoms with Gasteiger partial charge in [0.05, 0.1) is 6.21 Å². The molecule has 4 aromatic rings. The quantitative estimate of drug-likeness (QED) is 0.205. The van der Waals surface area contributed by atoms with E-state index in [4.69, 9.17) is 4.74 Å². The van der Waals surface area contributed by atoms with E-state index in [1.165, 1.54) is 10.8 Å². The van der Waals surface area contributed by atoms with Gasteiger partial charge < -0.3 is 4.74 Å². The number of nitrogens with zero attached hydrogens (tertiary/aromatic N) is 1. The Kier molecular flexibility index (Phi) is 6.39. The molecule has 0 radical (unpaired) electrons. The molecule has 0 aromatic heterocycles. The summed E-state index contributed by atoms with van der Waals surface area (Å²) in [6, 6.07) is 29.4. The van der Waals surface area contributed by atoms with Crippen LogP contribution in [0.5, 0.6) is 5.75 Å². The molecule has 0 heterocycles. The first-order chi connectivity index (χ1) is 14.7. The van der Waals surface area contributed by atoms with Crippen molar-refractivity contribution in [2.24, 2.45) is 5.10 Å². The van der Waals surface area contributed by atoms with Crippen molar-refractivity contribution in [1.29, 1.82) is 0 Å². The second-order valence-electron chi connectivity index (χ2n) is 6.70. The van der Waals surface area contributed by atoms with E-state index < -0.39 is 0 Å². The largest absolute Gasteiger partial charge is 0.489 e. The number of rotatable bonds is 6. The fourth-order valence-corrected chi connectivity index (χ4v) is 3.42. The molecule has 30 heavy (non-hydrogen) atoms. The van der Waals surface area contributed by atoms with Crippen LogP contribution in [0.2, 0.25) is 0 Å². The minimum absolute atomic E-state index is 0.238. The van der Waals surface area contributed by atoms with Gasteiger partial charge in [0.15, 0.2) is 0 Å².